The molecule has 0 fully saturated rings. The number of carbonyl (C=O) groups is 1. The normalized spacial score (nSPS) is 17.2. The van der Waals surface area contributed by atoms with Crippen LogP contribution in [0.5, 0.6) is 0 Å². The first-order valence-corrected chi connectivity index (χ1v) is 7.70. The van der Waals surface area contributed by atoms with Crippen molar-refractivity contribution in [3.8, 4) is 0 Å². The van der Waals surface area contributed by atoms with Crippen molar-refractivity contribution in [1.82, 2.24) is 5.01 Å². The van der Waals surface area contributed by atoms with Crippen LogP contribution in [-0.4, -0.2) is 30.5 Å². The van der Waals surface area contributed by atoms with Crippen molar-refractivity contribution in [1.29, 1.82) is 0 Å². The molecule has 0 bridgehead atoms. The van der Waals surface area contributed by atoms with Gasteiger partial charge in [0.15, 0.2) is 6.73 Å². The molecule has 2 aromatic rings. The number of benzene rings is 2. The highest BCUT2D eigenvalue weighted by Gasteiger charge is 2.33. The van der Waals surface area contributed by atoms with Crippen LogP contribution < -0.4 is 0 Å². The molecule has 26 heavy (non-hydrogen) atoms. The van der Waals surface area contributed by atoms with Crippen LogP contribution in [0.4, 0.5) is 17.6 Å². The molecule has 1 aliphatic heterocycles. The smallest absolute Gasteiger partial charge is 0.416 e. The number of nitrogens with zero attached hydrogens (tertiary/aromatic N) is 2. The van der Waals surface area contributed by atoms with Crippen molar-refractivity contribution in [2.24, 2.45) is 5.10 Å². The Hall–Kier alpha value is -2.90. The minimum absolute atomic E-state index is 0.121. The Balaban J connectivity index is 1.98. The molecule has 4 nitrogen and oxygen atoms in total. The number of rotatable bonds is 5. The van der Waals surface area contributed by atoms with Crippen LogP contribution in [0.1, 0.15) is 22.6 Å². The zero-order valence-corrected chi connectivity index (χ0v) is 13.4. The minimum atomic E-state index is -4.47. The van der Waals surface area contributed by atoms with Crippen molar-refractivity contribution < 1.29 is 27.1 Å². The summed E-state index contributed by atoms with van der Waals surface area (Å²) in [6, 6.07) is 10.5. The Morgan fingerprint density at radius 1 is 1.19 bits per heavy atom. The van der Waals surface area contributed by atoms with E-state index >= 15 is 0 Å². The van der Waals surface area contributed by atoms with E-state index in [1.807, 2.05) is 0 Å². The van der Waals surface area contributed by atoms with Crippen LogP contribution in [0, 0.1) is 5.82 Å². The lowest BCUT2D eigenvalue weighted by molar-refractivity contribution is -0.137. The summed E-state index contributed by atoms with van der Waals surface area (Å²) in [5.41, 5.74) is 0.634. The van der Waals surface area contributed by atoms with Gasteiger partial charge in [0.2, 0.25) is 0 Å². The molecule has 0 saturated heterocycles. The second-order valence-electron chi connectivity index (χ2n) is 5.75. The number of carbonyl (C=O) groups excluding carboxylic acids is 1. The lowest BCUT2D eigenvalue weighted by atomic mass is 9.90. The topological polar surface area (TPSA) is 41.9 Å². The average molecular weight is 366 g/mol. The van der Waals surface area contributed by atoms with Crippen molar-refractivity contribution in [2.45, 2.75) is 12.1 Å². The van der Waals surface area contributed by atoms with Gasteiger partial charge in [-0.1, -0.05) is 24.3 Å². The highest BCUT2D eigenvalue weighted by atomic mass is 19.4. The molecule has 2 aromatic carbocycles. The molecular weight excluding hydrogens is 352 g/mol. The number of hydrogen-bond donors (Lipinski definition) is 0. The van der Waals surface area contributed by atoms with Gasteiger partial charge in [0.1, 0.15) is 5.82 Å². The molecule has 0 radical (unpaired) electrons. The third-order valence-corrected chi connectivity index (χ3v) is 4.02. The van der Waals surface area contributed by atoms with Crippen LogP contribution in [-0.2, 0) is 15.7 Å². The Morgan fingerprint density at radius 3 is 2.58 bits per heavy atom. The van der Waals surface area contributed by atoms with Crippen LogP contribution in [0.2, 0.25) is 0 Å². The van der Waals surface area contributed by atoms with Crippen LogP contribution in [0.25, 0.3) is 0 Å². The molecule has 1 atom stereocenters. The van der Waals surface area contributed by atoms with Gasteiger partial charge < -0.3 is 4.74 Å². The van der Waals surface area contributed by atoms with Crippen LogP contribution >= 0.6 is 0 Å². The SMILES string of the molecule is O=COCN1CC(c2ccc(F)cc2)C(c2cccc(C(F)(F)F)c2)=N1. The summed E-state index contributed by atoms with van der Waals surface area (Å²) in [6.07, 6.45) is -4.47. The molecule has 3 rings (SSSR count). The van der Waals surface area contributed by atoms with Gasteiger partial charge in [0, 0.05) is 5.92 Å². The molecule has 0 N–H and O–H groups in total. The Morgan fingerprint density at radius 2 is 1.92 bits per heavy atom. The number of hydrogen-bond acceptors (Lipinski definition) is 4. The number of alkyl halides is 3. The lowest BCUT2D eigenvalue weighted by Crippen LogP contribution is -2.21. The average Bonchev–Trinajstić information content (AvgIpc) is 3.04. The van der Waals surface area contributed by atoms with Crippen molar-refractivity contribution >= 4 is 12.2 Å². The van der Waals surface area contributed by atoms with E-state index in [-0.39, 0.29) is 19.1 Å². The molecular formula is C18H14F4N2O2. The van der Waals surface area contributed by atoms with Gasteiger partial charge in [-0.05, 0) is 35.4 Å². The molecule has 0 aromatic heterocycles. The van der Waals surface area contributed by atoms with Crippen LogP contribution in [0.3, 0.4) is 0 Å². The first-order valence-electron chi connectivity index (χ1n) is 7.70. The predicted molar refractivity (Wildman–Crippen MR) is 85.8 cm³/mol. The van der Waals surface area contributed by atoms with Gasteiger partial charge >= 0.3 is 6.18 Å². The third kappa shape index (κ3) is 3.84. The fourth-order valence-electron chi connectivity index (χ4n) is 2.83. The minimum Gasteiger partial charge on any atom is -0.445 e. The lowest BCUT2D eigenvalue weighted by Gasteiger charge is -2.16. The van der Waals surface area contributed by atoms with Gasteiger partial charge in [-0.3, -0.25) is 9.80 Å². The summed E-state index contributed by atoms with van der Waals surface area (Å²) in [5, 5.41) is 5.75. The quantitative estimate of drug-likeness (QED) is 0.597. The number of hydrazone groups is 1. The molecule has 1 heterocycles. The van der Waals surface area contributed by atoms with E-state index in [1.165, 1.54) is 29.3 Å². The highest BCUT2D eigenvalue weighted by molar-refractivity contribution is 6.06. The van der Waals surface area contributed by atoms with Gasteiger partial charge in [0.25, 0.3) is 6.47 Å². The standard InChI is InChI=1S/C18H14F4N2O2/c19-15-6-4-12(5-7-15)16-9-24(10-26-11-25)23-17(16)13-2-1-3-14(8-13)18(20,21)22/h1-8,11,16H,9-10H2. The third-order valence-electron chi connectivity index (χ3n) is 4.02. The summed E-state index contributed by atoms with van der Waals surface area (Å²) in [5.74, 6) is -0.792. The van der Waals surface area contributed by atoms with E-state index in [0.717, 1.165) is 12.1 Å². The monoisotopic (exact) mass is 366 g/mol. The molecule has 0 amide bonds. The van der Waals surface area contributed by atoms with E-state index in [4.69, 9.17) is 0 Å². The summed E-state index contributed by atoms with van der Waals surface area (Å²) in [6.45, 7) is 0.444. The Kier molecular flexibility index (Phi) is 4.92. The van der Waals surface area contributed by atoms with E-state index in [0.29, 0.717) is 23.4 Å². The maximum absolute atomic E-state index is 13.2. The van der Waals surface area contributed by atoms with E-state index in [2.05, 4.69) is 9.84 Å². The fourth-order valence-corrected chi connectivity index (χ4v) is 2.83. The van der Waals surface area contributed by atoms with Crippen molar-refractivity contribution in [2.75, 3.05) is 13.3 Å². The molecule has 0 spiro atoms. The molecule has 8 heteroatoms. The summed E-state index contributed by atoms with van der Waals surface area (Å²) in [7, 11) is 0. The van der Waals surface area contributed by atoms with Crippen molar-refractivity contribution in [3.63, 3.8) is 0 Å². The Labute approximate surface area is 146 Å². The molecule has 0 saturated carbocycles. The van der Waals surface area contributed by atoms with E-state index < -0.39 is 17.6 Å². The van der Waals surface area contributed by atoms with Gasteiger partial charge in [-0.15, -0.1) is 0 Å². The predicted octanol–water partition coefficient (Wildman–Crippen LogP) is 3.78. The van der Waals surface area contributed by atoms with E-state index in [9.17, 15) is 22.4 Å². The largest absolute Gasteiger partial charge is 0.445 e. The van der Waals surface area contributed by atoms with Gasteiger partial charge in [0.05, 0.1) is 17.8 Å². The molecule has 136 valence electrons. The van der Waals surface area contributed by atoms with E-state index in [1.54, 1.807) is 12.1 Å². The maximum atomic E-state index is 13.2. The maximum Gasteiger partial charge on any atom is 0.416 e. The van der Waals surface area contributed by atoms with Crippen molar-refractivity contribution in [3.05, 3.63) is 71.0 Å². The van der Waals surface area contributed by atoms with Gasteiger partial charge in [-0.2, -0.15) is 18.3 Å². The number of ether oxygens (including phenoxy) is 1. The molecule has 0 aliphatic carbocycles. The zero-order valence-electron chi connectivity index (χ0n) is 13.4. The summed E-state index contributed by atoms with van der Waals surface area (Å²) < 4.78 is 56.9. The number of halogens is 4. The molecule has 1 aliphatic rings. The Bertz CT molecular complexity index is 819. The summed E-state index contributed by atoms with van der Waals surface area (Å²) >= 11 is 0. The second kappa shape index (κ2) is 7.15. The fraction of sp³-hybridized carbons (Fsp3) is 0.222. The molecule has 1 unspecified atom stereocenters. The summed E-state index contributed by atoms with van der Waals surface area (Å²) in [4.78, 5) is 10.4. The first kappa shape index (κ1) is 17.9. The zero-order chi connectivity index (χ0) is 18.7. The first-order chi connectivity index (χ1) is 12.4. The van der Waals surface area contributed by atoms with Gasteiger partial charge in [-0.25, -0.2) is 4.39 Å². The highest BCUT2D eigenvalue weighted by Crippen LogP contribution is 2.33. The second-order valence-corrected chi connectivity index (χ2v) is 5.75. The van der Waals surface area contributed by atoms with Crippen LogP contribution in [0.15, 0.2) is 53.6 Å².